The summed E-state index contributed by atoms with van der Waals surface area (Å²) >= 11 is 3.47. The number of halogens is 1. The molecule has 0 fully saturated rings. The van der Waals surface area contributed by atoms with Crippen molar-refractivity contribution in [3.05, 3.63) is 34.8 Å². The topological polar surface area (TPSA) is 35.2 Å². The fourth-order valence-corrected chi connectivity index (χ4v) is 2.20. The molecular weight excluding hydrogens is 278 g/mol. The van der Waals surface area contributed by atoms with E-state index in [1.54, 1.807) is 0 Å². The van der Waals surface area contributed by atoms with E-state index in [9.17, 15) is 0 Å². The van der Waals surface area contributed by atoms with E-state index in [0.717, 1.165) is 46.1 Å². The van der Waals surface area contributed by atoms with E-state index in [0.29, 0.717) is 0 Å². The van der Waals surface area contributed by atoms with Gasteiger partial charge in [0.05, 0.1) is 12.3 Å². The molecule has 0 aromatic heterocycles. The highest BCUT2D eigenvalue weighted by atomic mass is 79.9. The molecule has 0 aliphatic rings. The van der Waals surface area contributed by atoms with Crippen LogP contribution in [0.25, 0.3) is 10.8 Å². The van der Waals surface area contributed by atoms with E-state index in [1.165, 1.54) is 0 Å². The van der Waals surface area contributed by atoms with Gasteiger partial charge in [0.2, 0.25) is 0 Å². The van der Waals surface area contributed by atoms with Gasteiger partial charge in [-0.25, -0.2) is 0 Å². The van der Waals surface area contributed by atoms with Crippen LogP contribution >= 0.6 is 15.9 Å². The molecule has 0 amide bonds. The quantitative estimate of drug-likeness (QED) is 0.671. The molecule has 0 radical (unpaired) electrons. The molecular formula is C14H16BrNO. The summed E-state index contributed by atoms with van der Waals surface area (Å²) < 4.78 is 6.70. The fourth-order valence-electron chi connectivity index (χ4n) is 1.78. The fraction of sp³-hybridized carbons (Fsp3) is 0.286. The second kappa shape index (κ2) is 5.41. The third kappa shape index (κ3) is 2.55. The van der Waals surface area contributed by atoms with Crippen molar-refractivity contribution < 1.29 is 4.74 Å². The molecule has 3 heteroatoms. The molecule has 0 aliphatic heterocycles. The van der Waals surface area contributed by atoms with Gasteiger partial charge in [-0.15, -0.1) is 0 Å². The van der Waals surface area contributed by atoms with Crippen molar-refractivity contribution in [1.82, 2.24) is 0 Å². The van der Waals surface area contributed by atoms with Crippen LogP contribution in [0.4, 0.5) is 5.69 Å². The van der Waals surface area contributed by atoms with Gasteiger partial charge in [0.1, 0.15) is 5.75 Å². The summed E-state index contributed by atoms with van der Waals surface area (Å²) in [5.74, 6) is 0.898. The first-order valence-electron chi connectivity index (χ1n) is 5.83. The van der Waals surface area contributed by atoms with Gasteiger partial charge in [-0.05, 0) is 28.4 Å². The van der Waals surface area contributed by atoms with Crippen LogP contribution in [-0.4, -0.2) is 6.61 Å². The molecule has 0 atom stereocenters. The van der Waals surface area contributed by atoms with Gasteiger partial charge >= 0.3 is 0 Å². The van der Waals surface area contributed by atoms with E-state index < -0.39 is 0 Å². The van der Waals surface area contributed by atoms with Crippen LogP contribution in [0, 0.1) is 0 Å². The maximum atomic E-state index is 6.04. The minimum Gasteiger partial charge on any atom is -0.493 e. The Balaban J connectivity index is 2.44. The average molecular weight is 294 g/mol. The van der Waals surface area contributed by atoms with Crippen LogP contribution < -0.4 is 10.5 Å². The van der Waals surface area contributed by atoms with Gasteiger partial charge in [0.15, 0.2) is 0 Å². The van der Waals surface area contributed by atoms with Crippen LogP contribution in [-0.2, 0) is 0 Å². The number of ether oxygens (including phenoxy) is 1. The standard InChI is InChI=1S/C14H16BrNO/c1-2-3-8-17-13-9-12(15)14(16)11-7-5-4-6-10(11)13/h4-7,9H,2-3,8,16H2,1H3. The van der Waals surface area contributed by atoms with Crippen LogP contribution in [0.5, 0.6) is 5.75 Å². The second-order valence-electron chi connectivity index (χ2n) is 4.02. The van der Waals surface area contributed by atoms with E-state index in [-0.39, 0.29) is 0 Å². The molecule has 0 spiro atoms. The highest BCUT2D eigenvalue weighted by Crippen LogP contribution is 2.36. The van der Waals surface area contributed by atoms with Crippen molar-refractivity contribution in [2.75, 3.05) is 12.3 Å². The Kier molecular flexibility index (Phi) is 3.89. The van der Waals surface area contributed by atoms with Crippen LogP contribution in [0.15, 0.2) is 34.8 Å². The molecule has 90 valence electrons. The summed E-state index contributed by atoms with van der Waals surface area (Å²) in [4.78, 5) is 0. The number of fused-ring (bicyclic) bond motifs is 1. The number of hydrogen-bond acceptors (Lipinski definition) is 2. The Morgan fingerprint density at radius 2 is 1.94 bits per heavy atom. The Morgan fingerprint density at radius 1 is 1.24 bits per heavy atom. The number of nitrogens with two attached hydrogens (primary N) is 1. The van der Waals surface area contributed by atoms with Gasteiger partial charge in [-0.1, -0.05) is 37.6 Å². The zero-order chi connectivity index (χ0) is 12.3. The lowest BCUT2D eigenvalue weighted by Crippen LogP contribution is -1.98. The van der Waals surface area contributed by atoms with Crippen molar-refractivity contribution >= 4 is 32.4 Å². The second-order valence-corrected chi connectivity index (χ2v) is 4.87. The molecule has 2 aromatic carbocycles. The first-order valence-corrected chi connectivity index (χ1v) is 6.63. The molecule has 0 unspecified atom stereocenters. The highest BCUT2D eigenvalue weighted by Gasteiger charge is 2.08. The maximum absolute atomic E-state index is 6.04. The lowest BCUT2D eigenvalue weighted by atomic mass is 10.1. The zero-order valence-corrected chi connectivity index (χ0v) is 11.5. The summed E-state index contributed by atoms with van der Waals surface area (Å²) in [5.41, 5.74) is 6.81. The van der Waals surface area contributed by atoms with Gasteiger partial charge in [0, 0.05) is 15.2 Å². The first kappa shape index (κ1) is 12.2. The molecule has 2 nitrogen and oxygen atoms in total. The third-order valence-electron chi connectivity index (χ3n) is 2.75. The van der Waals surface area contributed by atoms with Crippen LogP contribution in [0.2, 0.25) is 0 Å². The zero-order valence-electron chi connectivity index (χ0n) is 9.87. The summed E-state index contributed by atoms with van der Waals surface area (Å²) in [6.07, 6.45) is 2.20. The molecule has 0 aliphatic carbocycles. The number of rotatable bonds is 4. The number of nitrogen functional groups attached to an aromatic ring is 1. The predicted molar refractivity (Wildman–Crippen MR) is 76.5 cm³/mol. The van der Waals surface area contributed by atoms with Gasteiger partial charge in [-0.3, -0.25) is 0 Å². The number of unbranched alkanes of at least 4 members (excludes halogenated alkanes) is 1. The normalized spacial score (nSPS) is 10.7. The molecule has 0 heterocycles. The van der Waals surface area contributed by atoms with Crippen molar-refractivity contribution in [2.24, 2.45) is 0 Å². The smallest absolute Gasteiger partial charge is 0.128 e. The van der Waals surface area contributed by atoms with E-state index in [4.69, 9.17) is 10.5 Å². The maximum Gasteiger partial charge on any atom is 0.128 e. The number of benzene rings is 2. The Labute approximate surface area is 110 Å². The van der Waals surface area contributed by atoms with E-state index >= 15 is 0 Å². The summed E-state index contributed by atoms with van der Waals surface area (Å²) in [5, 5.41) is 2.11. The molecule has 0 bridgehead atoms. The van der Waals surface area contributed by atoms with Crippen LogP contribution in [0.3, 0.4) is 0 Å². The van der Waals surface area contributed by atoms with Gasteiger partial charge in [-0.2, -0.15) is 0 Å². The van der Waals surface area contributed by atoms with E-state index in [2.05, 4.69) is 22.9 Å². The monoisotopic (exact) mass is 293 g/mol. The Morgan fingerprint density at radius 3 is 2.65 bits per heavy atom. The van der Waals surface area contributed by atoms with Crippen molar-refractivity contribution in [3.8, 4) is 5.75 Å². The lowest BCUT2D eigenvalue weighted by Gasteiger charge is -2.12. The minimum atomic E-state index is 0.747. The van der Waals surface area contributed by atoms with E-state index in [1.807, 2.05) is 30.3 Å². The third-order valence-corrected chi connectivity index (χ3v) is 3.41. The molecule has 2 rings (SSSR count). The Hall–Kier alpha value is -1.22. The van der Waals surface area contributed by atoms with Crippen molar-refractivity contribution in [1.29, 1.82) is 0 Å². The molecule has 0 saturated carbocycles. The molecule has 17 heavy (non-hydrogen) atoms. The highest BCUT2D eigenvalue weighted by molar-refractivity contribution is 9.10. The lowest BCUT2D eigenvalue weighted by molar-refractivity contribution is 0.313. The molecule has 2 aromatic rings. The largest absolute Gasteiger partial charge is 0.493 e. The number of anilines is 1. The van der Waals surface area contributed by atoms with Crippen molar-refractivity contribution in [2.45, 2.75) is 19.8 Å². The minimum absolute atomic E-state index is 0.747. The number of hydrogen-bond donors (Lipinski definition) is 1. The van der Waals surface area contributed by atoms with Crippen LogP contribution in [0.1, 0.15) is 19.8 Å². The first-order chi connectivity index (χ1) is 8.24. The summed E-state index contributed by atoms with van der Waals surface area (Å²) in [6.45, 7) is 2.90. The molecule has 2 N–H and O–H groups in total. The van der Waals surface area contributed by atoms with Gasteiger partial charge < -0.3 is 10.5 Å². The SMILES string of the molecule is CCCCOc1cc(Br)c(N)c2ccccc12. The van der Waals surface area contributed by atoms with Crippen molar-refractivity contribution in [3.63, 3.8) is 0 Å². The van der Waals surface area contributed by atoms with Gasteiger partial charge in [0.25, 0.3) is 0 Å². The molecule has 0 saturated heterocycles. The Bertz CT molecular complexity index is 525. The summed E-state index contributed by atoms with van der Waals surface area (Å²) in [7, 11) is 0. The predicted octanol–water partition coefficient (Wildman–Crippen LogP) is 4.36. The average Bonchev–Trinajstić information content (AvgIpc) is 2.36. The summed E-state index contributed by atoms with van der Waals surface area (Å²) in [6, 6.07) is 10.00.